The van der Waals surface area contributed by atoms with Gasteiger partial charge >= 0.3 is 0 Å². The lowest BCUT2D eigenvalue weighted by atomic mass is 9.83. The Hall–Kier alpha value is -2.41. The number of carbonyl (C=O) groups is 1. The summed E-state index contributed by atoms with van der Waals surface area (Å²) >= 11 is 0. The van der Waals surface area contributed by atoms with Crippen molar-refractivity contribution in [3.8, 4) is 6.07 Å². The Kier molecular flexibility index (Phi) is 4.17. The van der Waals surface area contributed by atoms with Crippen molar-refractivity contribution >= 4 is 16.8 Å². The fourth-order valence-corrected chi connectivity index (χ4v) is 4.12. The molecule has 1 amide bonds. The first-order valence-corrected chi connectivity index (χ1v) is 9.21. The number of fused-ring (bicyclic) bond motifs is 1. The van der Waals surface area contributed by atoms with Crippen LogP contribution >= 0.6 is 0 Å². The van der Waals surface area contributed by atoms with E-state index >= 15 is 0 Å². The van der Waals surface area contributed by atoms with E-state index in [2.05, 4.69) is 28.9 Å². The number of amides is 1. The quantitative estimate of drug-likeness (QED) is 0.857. The summed E-state index contributed by atoms with van der Waals surface area (Å²) in [5.74, 6) is 1.74. The van der Waals surface area contributed by atoms with E-state index in [4.69, 9.17) is 0 Å². The molecule has 25 heavy (non-hydrogen) atoms. The molecule has 4 heteroatoms. The molecular weight excluding hydrogens is 310 g/mol. The molecule has 1 aromatic heterocycles. The summed E-state index contributed by atoms with van der Waals surface area (Å²) in [6, 6.07) is 10.2. The highest BCUT2D eigenvalue weighted by atomic mass is 16.2. The van der Waals surface area contributed by atoms with Crippen molar-refractivity contribution in [3.05, 3.63) is 41.6 Å². The Morgan fingerprint density at radius 1 is 1.32 bits per heavy atom. The summed E-state index contributed by atoms with van der Waals surface area (Å²) in [5, 5.41) is 10.4. The second-order valence-electron chi connectivity index (χ2n) is 7.70. The number of benzene rings is 1. The predicted molar refractivity (Wildman–Crippen MR) is 96.9 cm³/mol. The van der Waals surface area contributed by atoms with Crippen molar-refractivity contribution < 1.29 is 4.79 Å². The Balaban J connectivity index is 1.65. The summed E-state index contributed by atoms with van der Waals surface area (Å²) in [4.78, 5) is 19.1. The Labute approximate surface area is 148 Å². The van der Waals surface area contributed by atoms with Crippen molar-refractivity contribution in [1.82, 2.24) is 9.88 Å². The van der Waals surface area contributed by atoms with Crippen LogP contribution in [0.5, 0.6) is 0 Å². The molecule has 0 N–H and O–H groups in total. The van der Waals surface area contributed by atoms with E-state index in [9.17, 15) is 10.1 Å². The molecule has 4 rings (SSSR count). The minimum absolute atomic E-state index is 0.311. The van der Waals surface area contributed by atoms with Crippen LogP contribution in [0.15, 0.2) is 30.5 Å². The molecule has 128 valence electrons. The molecule has 0 bridgehead atoms. The molecule has 2 atom stereocenters. The van der Waals surface area contributed by atoms with Gasteiger partial charge in [0.25, 0.3) is 0 Å². The Morgan fingerprint density at radius 2 is 2.16 bits per heavy atom. The largest absolute Gasteiger partial charge is 0.342 e. The SMILES string of the molecule is C[C@@H]1C[C@H](c2ccc(C#N)c3ncccc23)CN(C(=O)CC2CC2)C1. The fraction of sp³-hybridized carbons (Fsp3) is 0.476. The highest BCUT2D eigenvalue weighted by molar-refractivity contribution is 5.87. The maximum Gasteiger partial charge on any atom is 0.222 e. The van der Waals surface area contributed by atoms with Gasteiger partial charge in [0.1, 0.15) is 6.07 Å². The molecule has 1 aliphatic heterocycles. The van der Waals surface area contributed by atoms with Gasteiger partial charge in [0.15, 0.2) is 0 Å². The van der Waals surface area contributed by atoms with Crippen LogP contribution in [-0.2, 0) is 4.79 Å². The second-order valence-corrected chi connectivity index (χ2v) is 7.70. The second kappa shape index (κ2) is 6.48. The maximum atomic E-state index is 12.6. The van der Waals surface area contributed by atoms with Crippen LogP contribution in [0.3, 0.4) is 0 Å². The topological polar surface area (TPSA) is 57.0 Å². The summed E-state index contributed by atoms with van der Waals surface area (Å²) in [7, 11) is 0. The summed E-state index contributed by atoms with van der Waals surface area (Å²) in [6.45, 7) is 3.88. The highest BCUT2D eigenvalue weighted by Crippen LogP contribution is 2.37. The Morgan fingerprint density at radius 3 is 2.92 bits per heavy atom. The van der Waals surface area contributed by atoms with E-state index < -0.39 is 0 Å². The third kappa shape index (κ3) is 3.24. The highest BCUT2D eigenvalue weighted by Gasteiger charge is 2.32. The molecule has 0 unspecified atom stereocenters. The molecule has 1 saturated heterocycles. The van der Waals surface area contributed by atoms with Crippen molar-refractivity contribution in [2.75, 3.05) is 13.1 Å². The molecule has 2 aliphatic rings. The number of hydrogen-bond acceptors (Lipinski definition) is 3. The van der Waals surface area contributed by atoms with Gasteiger partial charge in [-0.05, 0) is 48.8 Å². The summed E-state index contributed by atoms with van der Waals surface area (Å²) in [5.41, 5.74) is 2.61. The molecule has 1 aliphatic carbocycles. The van der Waals surface area contributed by atoms with E-state index in [0.29, 0.717) is 29.2 Å². The first kappa shape index (κ1) is 16.1. The number of carbonyl (C=O) groups excluding carboxylic acids is 1. The van der Waals surface area contributed by atoms with E-state index in [1.807, 2.05) is 18.2 Å². The van der Waals surface area contributed by atoms with Crippen LogP contribution in [0.1, 0.15) is 49.7 Å². The number of piperidine rings is 1. The predicted octanol–water partition coefficient (Wildman–Crippen LogP) is 3.86. The standard InChI is InChI=1S/C21H23N3O/c1-14-9-17(13-24(12-14)20(25)10-15-4-5-15)18-7-6-16(11-22)21-19(18)3-2-8-23-21/h2-3,6-8,14-15,17H,4-5,9-10,12-13H2,1H3/t14-,17+/m1/s1. The van der Waals surface area contributed by atoms with Gasteiger partial charge in [-0.2, -0.15) is 5.26 Å². The molecule has 1 aromatic carbocycles. The van der Waals surface area contributed by atoms with Crippen LogP contribution in [0.2, 0.25) is 0 Å². The van der Waals surface area contributed by atoms with Crippen LogP contribution < -0.4 is 0 Å². The Bertz CT molecular complexity index is 850. The van der Waals surface area contributed by atoms with E-state index in [1.54, 1.807) is 6.20 Å². The summed E-state index contributed by atoms with van der Waals surface area (Å²) in [6.07, 6.45) is 5.95. The smallest absolute Gasteiger partial charge is 0.222 e. The van der Waals surface area contributed by atoms with E-state index in [-0.39, 0.29) is 0 Å². The van der Waals surface area contributed by atoms with Crippen LogP contribution in [-0.4, -0.2) is 28.9 Å². The van der Waals surface area contributed by atoms with Gasteiger partial charge < -0.3 is 4.90 Å². The molecule has 2 aromatic rings. The number of hydrogen-bond donors (Lipinski definition) is 0. The van der Waals surface area contributed by atoms with Crippen LogP contribution in [0.4, 0.5) is 0 Å². The van der Waals surface area contributed by atoms with E-state index in [0.717, 1.165) is 36.8 Å². The zero-order chi connectivity index (χ0) is 17.4. The molecule has 4 nitrogen and oxygen atoms in total. The third-order valence-electron chi connectivity index (χ3n) is 5.54. The average Bonchev–Trinajstić information content (AvgIpc) is 3.44. The van der Waals surface area contributed by atoms with Gasteiger partial charge in [0.2, 0.25) is 5.91 Å². The number of rotatable bonds is 3. The normalized spacial score (nSPS) is 23.4. The average molecular weight is 333 g/mol. The number of nitriles is 1. The first-order chi connectivity index (χ1) is 12.2. The van der Waals surface area contributed by atoms with Gasteiger partial charge in [0, 0.05) is 37.0 Å². The lowest BCUT2D eigenvalue weighted by molar-refractivity contribution is -0.133. The molecule has 0 spiro atoms. The number of pyridine rings is 1. The third-order valence-corrected chi connectivity index (χ3v) is 5.54. The van der Waals surface area contributed by atoms with Crippen molar-refractivity contribution in [2.24, 2.45) is 11.8 Å². The molecule has 0 radical (unpaired) electrons. The lowest BCUT2D eigenvalue weighted by Crippen LogP contribution is -2.42. The monoisotopic (exact) mass is 333 g/mol. The summed E-state index contributed by atoms with van der Waals surface area (Å²) < 4.78 is 0. The van der Waals surface area contributed by atoms with Gasteiger partial charge in [-0.25, -0.2) is 0 Å². The first-order valence-electron chi connectivity index (χ1n) is 9.21. The minimum Gasteiger partial charge on any atom is -0.342 e. The van der Waals surface area contributed by atoms with Gasteiger partial charge in [-0.1, -0.05) is 19.1 Å². The van der Waals surface area contributed by atoms with Crippen LogP contribution in [0, 0.1) is 23.2 Å². The van der Waals surface area contributed by atoms with E-state index in [1.165, 1.54) is 18.4 Å². The number of aromatic nitrogens is 1. The molecule has 2 fully saturated rings. The van der Waals surface area contributed by atoms with Crippen LogP contribution in [0.25, 0.3) is 10.9 Å². The maximum absolute atomic E-state index is 12.6. The zero-order valence-electron chi connectivity index (χ0n) is 14.6. The van der Waals surface area contributed by atoms with Crippen molar-refractivity contribution in [1.29, 1.82) is 5.26 Å². The minimum atomic E-state index is 0.311. The number of likely N-dealkylation sites (tertiary alicyclic amines) is 1. The molecule has 2 heterocycles. The van der Waals surface area contributed by atoms with Gasteiger partial charge in [-0.15, -0.1) is 0 Å². The molecule has 1 saturated carbocycles. The van der Waals surface area contributed by atoms with Gasteiger partial charge in [-0.3, -0.25) is 9.78 Å². The van der Waals surface area contributed by atoms with Crippen molar-refractivity contribution in [2.45, 2.75) is 38.5 Å². The van der Waals surface area contributed by atoms with Crippen molar-refractivity contribution in [3.63, 3.8) is 0 Å². The van der Waals surface area contributed by atoms with Gasteiger partial charge in [0.05, 0.1) is 11.1 Å². The zero-order valence-corrected chi connectivity index (χ0v) is 14.6. The fourth-order valence-electron chi connectivity index (χ4n) is 4.12. The molecular formula is C21H23N3O. The lowest BCUT2D eigenvalue weighted by Gasteiger charge is -2.37. The number of nitrogens with zero attached hydrogens (tertiary/aromatic N) is 3.